The summed E-state index contributed by atoms with van der Waals surface area (Å²) in [4.78, 5) is 1.49. The van der Waals surface area contributed by atoms with Gasteiger partial charge in [-0.25, -0.2) is 0 Å². The van der Waals surface area contributed by atoms with Crippen LogP contribution in [0.5, 0.6) is 0 Å². The Kier molecular flexibility index (Phi) is 3.71. The molecule has 2 rings (SSSR count). The molecular weight excluding hydrogens is 202 g/mol. The number of fused-ring (bicyclic) bond motifs is 1. The Hall–Kier alpha value is -0.470. The van der Waals surface area contributed by atoms with Gasteiger partial charge in [0.05, 0.1) is 0 Å². The van der Waals surface area contributed by atoms with Gasteiger partial charge in [-0.15, -0.1) is 11.8 Å². The molecule has 0 bridgehead atoms. The van der Waals surface area contributed by atoms with Crippen LogP contribution in [0.25, 0.3) is 0 Å². The van der Waals surface area contributed by atoms with Crippen molar-refractivity contribution in [1.29, 1.82) is 0 Å². The molecule has 0 saturated carbocycles. The average molecular weight is 221 g/mol. The highest BCUT2D eigenvalue weighted by Gasteiger charge is 2.28. The summed E-state index contributed by atoms with van der Waals surface area (Å²) in [5.74, 6) is 1.95. The molecular formula is C13H19NS. The van der Waals surface area contributed by atoms with Gasteiger partial charge in [0.15, 0.2) is 0 Å². The zero-order valence-corrected chi connectivity index (χ0v) is 10.3. The molecule has 0 aliphatic carbocycles. The standard InChI is InChI=1S/C13H19NS/c1-3-6-12(14-2)11-9-15-13-8-5-4-7-10(11)13/h4-5,7-8,11-12,14H,3,6,9H2,1-2H3. The summed E-state index contributed by atoms with van der Waals surface area (Å²) in [5, 5.41) is 3.47. The molecule has 1 nitrogen and oxygen atoms in total. The van der Waals surface area contributed by atoms with Crippen molar-refractivity contribution in [3.63, 3.8) is 0 Å². The molecule has 1 aliphatic rings. The number of likely N-dealkylation sites (N-methyl/N-ethyl adjacent to an activating group) is 1. The number of hydrogen-bond donors (Lipinski definition) is 1. The van der Waals surface area contributed by atoms with E-state index in [0.717, 1.165) is 0 Å². The van der Waals surface area contributed by atoms with Gasteiger partial charge < -0.3 is 5.32 Å². The minimum absolute atomic E-state index is 0.645. The fraction of sp³-hybridized carbons (Fsp3) is 0.538. The molecule has 15 heavy (non-hydrogen) atoms. The predicted molar refractivity (Wildman–Crippen MR) is 67.7 cm³/mol. The van der Waals surface area contributed by atoms with Gasteiger partial charge in [0.1, 0.15) is 0 Å². The van der Waals surface area contributed by atoms with Gasteiger partial charge in [-0.05, 0) is 25.1 Å². The van der Waals surface area contributed by atoms with Crippen LogP contribution in [0.2, 0.25) is 0 Å². The largest absolute Gasteiger partial charge is 0.316 e. The summed E-state index contributed by atoms with van der Waals surface area (Å²) in [7, 11) is 2.09. The molecule has 0 spiro atoms. The minimum Gasteiger partial charge on any atom is -0.316 e. The van der Waals surface area contributed by atoms with Gasteiger partial charge in [0.25, 0.3) is 0 Å². The monoisotopic (exact) mass is 221 g/mol. The molecule has 1 aliphatic heterocycles. The predicted octanol–water partition coefficient (Wildman–Crippen LogP) is 3.26. The first kappa shape index (κ1) is 11.0. The molecule has 2 atom stereocenters. The molecule has 82 valence electrons. The van der Waals surface area contributed by atoms with Crippen molar-refractivity contribution in [2.24, 2.45) is 0 Å². The van der Waals surface area contributed by atoms with Crippen LogP contribution < -0.4 is 5.32 Å². The lowest BCUT2D eigenvalue weighted by atomic mass is 9.91. The fourth-order valence-electron chi connectivity index (χ4n) is 2.38. The van der Waals surface area contributed by atoms with Crippen LogP contribution in [0, 0.1) is 0 Å². The first-order valence-electron chi connectivity index (χ1n) is 5.75. The van der Waals surface area contributed by atoms with E-state index in [0.29, 0.717) is 12.0 Å². The van der Waals surface area contributed by atoms with Crippen molar-refractivity contribution in [2.75, 3.05) is 12.8 Å². The summed E-state index contributed by atoms with van der Waals surface area (Å²) < 4.78 is 0. The quantitative estimate of drug-likeness (QED) is 0.837. The van der Waals surface area contributed by atoms with Crippen molar-refractivity contribution >= 4 is 11.8 Å². The molecule has 1 aromatic rings. The van der Waals surface area contributed by atoms with Gasteiger partial charge >= 0.3 is 0 Å². The van der Waals surface area contributed by atoms with E-state index in [4.69, 9.17) is 0 Å². The third-order valence-electron chi connectivity index (χ3n) is 3.19. The Labute approximate surface area is 96.7 Å². The molecule has 2 heteroatoms. The highest BCUT2D eigenvalue weighted by atomic mass is 32.2. The average Bonchev–Trinajstić information content (AvgIpc) is 2.70. The Morgan fingerprint density at radius 2 is 2.27 bits per heavy atom. The molecule has 0 saturated heterocycles. The lowest BCUT2D eigenvalue weighted by molar-refractivity contribution is 0.456. The molecule has 1 heterocycles. The van der Waals surface area contributed by atoms with Crippen LogP contribution in [0.15, 0.2) is 29.2 Å². The number of hydrogen-bond acceptors (Lipinski definition) is 2. The summed E-state index contributed by atoms with van der Waals surface area (Å²) in [6, 6.07) is 9.49. The molecule has 2 unspecified atom stereocenters. The first-order valence-corrected chi connectivity index (χ1v) is 6.74. The normalized spacial score (nSPS) is 21.3. The van der Waals surface area contributed by atoms with Crippen LogP contribution in [-0.2, 0) is 0 Å². The number of nitrogens with one attached hydrogen (secondary N) is 1. The van der Waals surface area contributed by atoms with E-state index in [-0.39, 0.29) is 0 Å². The second kappa shape index (κ2) is 5.04. The lowest BCUT2D eigenvalue weighted by Crippen LogP contribution is -2.32. The summed E-state index contributed by atoms with van der Waals surface area (Å²) in [6.45, 7) is 2.26. The van der Waals surface area contributed by atoms with E-state index >= 15 is 0 Å². The maximum Gasteiger partial charge on any atom is 0.0141 e. The smallest absolute Gasteiger partial charge is 0.0141 e. The summed E-state index contributed by atoms with van der Waals surface area (Å²) >= 11 is 2.01. The van der Waals surface area contributed by atoms with E-state index in [1.165, 1.54) is 23.5 Å². The molecule has 0 fully saturated rings. The van der Waals surface area contributed by atoms with Gasteiger partial charge in [-0.2, -0.15) is 0 Å². The summed E-state index contributed by atoms with van der Waals surface area (Å²) in [5.41, 5.74) is 1.55. The highest BCUT2D eigenvalue weighted by molar-refractivity contribution is 7.99. The second-order valence-electron chi connectivity index (χ2n) is 4.14. The van der Waals surface area contributed by atoms with E-state index in [1.807, 2.05) is 11.8 Å². The molecule has 0 aromatic heterocycles. The SMILES string of the molecule is CCCC(NC)C1CSc2ccccc21. The molecule has 0 amide bonds. The van der Waals surface area contributed by atoms with Crippen molar-refractivity contribution < 1.29 is 0 Å². The third kappa shape index (κ3) is 2.21. The van der Waals surface area contributed by atoms with Gasteiger partial charge in [0.2, 0.25) is 0 Å². The Morgan fingerprint density at radius 3 is 3.00 bits per heavy atom. The Balaban J connectivity index is 2.18. The van der Waals surface area contributed by atoms with E-state index in [2.05, 4.69) is 43.6 Å². The van der Waals surface area contributed by atoms with E-state index in [9.17, 15) is 0 Å². The first-order chi connectivity index (χ1) is 7.36. The van der Waals surface area contributed by atoms with Crippen LogP contribution in [0.3, 0.4) is 0 Å². The van der Waals surface area contributed by atoms with Gasteiger partial charge in [0, 0.05) is 22.6 Å². The number of thioether (sulfide) groups is 1. The third-order valence-corrected chi connectivity index (χ3v) is 4.40. The van der Waals surface area contributed by atoms with Crippen LogP contribution in [0.1, 0.15) is 31.2 Å². The van der Waals surface area contributed by atoms with E-state index < -0.39 is 0 Å². The molecule has 1 N–H and O–H groups in total. The Morgan fingerprint density at radius 1 is 1.47 bits per heavy atom. The van der Waals surface area contributed by atoms with Crippen molar-refractivity contribution in [3.8, 4) is 0 Å². The van der Waals surface area contributed by atoms with Crippen LogP contribution >= 0.6 is 11.8 Å². The Bertz CT molecular complexity index is 324. The van der Waals surface area contributed by atoms with Crippen molar-refractivity contribution in [2.45, 2.75) is 36.6 Å². The van der Waals surface area contributed by atoms with Crippen LogP contribution in [-0.4, -0.2) is 18.8 Å². The fourth-order valence-corrected chi connectivity index (χ4v) is 3.71. The number of benzene rings is 1. The molecule has 1 aromatic carbocycles. The van der Waals surface area contributed by atoms with Gasteiger partial charge in [-0.1, -0.05) is 31.5 Å². The minimum atomic E-state index is 0.645. The maximum atomic E-state index is 3.47. The van der Waals surface area contributed by atoms with Crippen LogP contribution in [0.4, 0.5) is 0 Å². The number of rotatable bonds is 4. The highest BCUT2D eigenvalue weighted by Crippen LogP contribution is 2.41. The second-order valence-corrected chi connectivity index (χ2v) is 5.20. The summed E-state index contributed by atoms with van der Waals surface area (Å²) in [6.07, 6.45) is 2.53. The topological polar surface area (TPSA) is 12.0 Å². The van der Waals surface area contributed by atoms with Crippen molar-refractivity contribution in [1.82, 2.24) is 5.32 Å². The lowest BCUT2D eigenvalue weighted by Gasteiger charge is -2.22. The maximum absolute atomic E-state index is 3.47. The van der Waals surface area contributed by atoms with Gasteiger partial charge in [-0.3, -0.25) is 0 Å². The zero-order chi connectivity index (χ0) is 10.7. The van der Waals surface area contributed by atoms with Crippen molar-refractivity contribution in [3.05, 3.63) is 29.8 Å². The molecule has 0 radical (unpaired) electrons. The zero-order valence-electron chi connectivity index (χ0n) is 9.49. The van der Waals surface area contributed by atoms with E-state index in [1.54, 1.807) is 5.56 Å².